The number of rotatable bonds is 0. The van der Waals surface area contributed by atoms with Gasteiger partial charge in [0.05, 0.1) is 0 Å². The van der Waals surface area contributed by atoms with Crippen molar-refractivity contribution in [3.63, 3.8) is 0 Å². The van der Waals surface area contributed by atoms with Gasteiger partial charge in [-0.25, -0.2) is 0 Å². The first kappa shape index (κ1) is 11.5. The van der Waals surface area contributed by atoms with E-state index in [1.807, 2.05) is 0 Å². The third-order valence-electron chi connectivity index (χ3n) is 5.43. The maximum absolute atomic E-state index is 2.54. The van der Waals surface area contributed by atoms with Crippen molar-refractivity contribution in [3.8, 4) is 0 Å². The molecule has 0 heteroatoms. The molecule has 0 aromatic carbocycles. The van der Waals surface area contributed by atoms with Crippen molar-refractivity contribution in [2.24, 2.45) is 28.6 Å². The molecule has 0 aliphatic heterocycles. The molecule has 0 radical (unpaired) electrons. The van der Waals surface area contributed by atoms with Gasteiger partial charge in [0, 0.05) is 0 Å². The summed E-state index contributed by atoms with van der Waals surface area (Å²) in [5.74, 6) is 3.08. The zero-order valence-corrected chi connectivity index (χ0v) is 11.3. The van der Waals surface area contributed by atoms with Crippen LogP contribution in [0.25, 0.3) is 0 Å². The molecule has 0 spiro atoms. The lowest BCUT2D eigenvalue weighted by Gasteiger charge is -2.53. The first-order valence-corrected chi connectivity index (χ1v) is 6.80. The monoisotopic (exact) mass is 208 g/mol. The van der Waals surface area contributed by atoms with Gasteiger partial charge in [0.2, 0.25) is 0 Å². The normalized spacial score (nSPS) is 46.6. The highest BCUT2D eigenvalue weighted by molar-refractivity contribution is 4.96. The summed E-state index contributed by atoms with van der Waals surface area (Å²) in [6.07, 6.45) is 7.51. The molecule has 2 fully saturated rings. The summed E-state index contributed by atoms with van der Waals surface area (Å²) in [6, 6.07) is 0. The molecule has 2 rings (SSSR count). The van der Waals surface area contributed by atoms with Gasteiger partial charge < -0.3 is 0 Å². The van der Waals surface area contributed by atoms with Crippen LogP contribution in [0.5, 0.6) is 0 Å². The molecule has 2 aliphatic rings. The minimum Gasteiger partial charge on any atom is -0.0625 e. The van der Waals surface area contributed by atoms with E-state index in [1.54, 1.807) is 0 Å². The highest BCUT2D eigenvalue weighted by atomic mass is 14.5. The van der Waals surface area contributed by atoms with Gasteiger partial charge in [-0.1, -0.05) is 34.6 Å². The minimum atomic E-state index is 0.491. The van der Waals surface area contributed by atoms with Crippen LogP contribution in [0.1, 0.15) is 66.7 Å². The average molecular weight is 208 g/mol. The second kappa shape index (κ2) is 3.50. The van der Waals surface area contributed by atoms with Crippen LogP contribution in [-0.2, 0) is 0 Å². The van der Waals surface area contributed by atoms with Gasteiger partial charge in [-0.2, -0.15) is 0 Å². The van der Waals surface area contributed by atoms with Crippen LogP contribution in [0.4, 0.5) is 0 Å². The van der Waals surface area contributed by atoms with Crippen molar-refractivity contribution in [1.82, 2.24) is 0 Å². The van der Waals surface area contributed by atoms with Crippen LogP contribution in [-0.4, -0.2) is 0 Å². The fraction of sp³-hybridized carbons (Fsp3) is 1.00. The second-order valence-corrected chi connectivity index (χ2v) is 7.76. The number of fused-ring (bicyclic) bond motifs is 2. The maximum Gasteiger partial charge on any atom is -0.0272 e. The lowest BCUT2D eigenvalue weighted by molar-refractivity contribution is -0.0263. The highest BCUT2D eigenvalue weighted by Gasteiger charge is 2.46. The standard InChI is InChI=1S/C15H28/c1-11-6-12-8-13(7-11)10-15(5,9-12)14(2,3)4/h11-13H,6-10H2,1-5H3. The highest BCUT2D eigenvalue weighted by Crippen LogP contribution is 2.56. The molecule has 2 unspecified atom stereocenters. The molecule has 2 atom stereocenters. The molecular formula is C15H28. The van der Waals surface area contributed by atoms with E-state index in [-0.39, 0.29) is 0 Å². The van der Waals surface area contributed by atoms with E-state index in [0.29, 0.717) is 10.8 Å². The van der Waals surface area contributed by atoms with Crippen LogP contribution in [0.2, 0.25) is 0 Å². The first-order chi connectivity index (χ1) is 6.80. The molecule has 0 amide bonds. The quantitative estimate of drug-likeness (QED) is 0.532. The lowest BCUT2D eigenvalue weighted by Crippen LogP contribution is -2.43. The third-order valence-corrected chi connectivity index (χ3v) is 5.43. The summed E-state index contributed by atoms with van der Waals surface area (Å²) in [6.45, 7) is 12.3. The smallest absolute Gasteiger partial charge is 0.0272 e. The Balaban J connectivity index is 2.14. The van der Waals surface area contributed by atoms with Crippen LogP contribution >= 0.6 is 0 Å². The fourth-order valence-electron chi connectivity index (χ4n) is 4.20. The summed E-state index contributed by atoms with van der Waals surface area (Å²) in [4.78, 5) is 0. The number of hydrogen-bond acceptors (Lipinski definition) is 0. The second-order valence-electron chi connectivity index (χ2n) is 7.76. The van der Waals surface area contributed by atoms with Gasteiger partial charge in [-0.05, 0) is 60.7 Å². The molecule has 15 heavy (non-hydrogen) atoms. The zero-order valence-electron chi connectivity index (χ0n) is 11.3. The molecule has 0 N–H and O–H groups in total. The van der Waals surface area contributed by atoms with Gasteiger partial charge in [0.15, 0.2) is 0 Å². The van der Waals surface area contributed by atoms with Crippen LogP contribution in [0.15, 0.2) is 0 Å². The molecular weight excluding hydrogens is 180 g/mol. The van der Waals surface area contributed by atoms with E-state index in [9.17, 15) is 0 Å². The Bertz CT molecular complexity index is 215. The predicted octanol–water partition coefficient (Wildman–Crippen LogP) is 4.89. The van der Waals surface area contributed by atoms with Gasteiger partial charge in [-0.15, -0.1) is 0 Å². The van der Waals surface area contributed by atoms with Crippen molar-refractivity contribution >= 4 is 0 Å². The lowest BCUT2D eigenvalue weighted by atomic mass is 9.52. The Kier molecular flexibility index (Phi) is 2.68. The zero-order chi connectivity index (χ0) is 11.3. The van der Waals surface area contributed by atoms with E-state index < -0.39 is 0 Å². The van der Waals surface area contributed by atoms with Crippen molar-refractivity contribution in [2.75, 3.05) is 0 Å². The topological polar surface area (TPSA) is 0 Å². The predicted molar refractivity (Wildman–Crippen MR) is 66.8 cm³/mol. The van der Waals surface area contributed by atoms with Gasteiger partial charge >= 0.3 is 0 Å². The molecule has 0 aromatic rings. The average Bonchev–Trinajstić information content (AvgIpc) is 1.97. The Morgan fingerprint density at radius 1 is 0.933 bits per heavy atom. The van der Waals surface area contributed by atoms with Crippen LogP contribution < -0.4 is 0 Å². The SMILES string of the molecule is CC1CC2CC(C1)CC(C)(C(C)(C)C)C2. The summed E-state index contributed by atoms with van der Waals surface area (Å²) >= 11 is 0. The Morgan fingerprint density at radius 2 is 1.40 bits per heavy atom. The van der Waals surface area contributed by atoms with E-state index >= 15 is 0 Å². The summed E-state index contributed by atoms with van der Waals surface area (Å²) < 4.78 is 0. The molecule has 0 nitrogen and oxygen atoms in total. The Labute approximate surface area is 95.8 Å². The Morgan fingerprint density at radius 3 is 1.80 bits per heavy atom. The fourth-order valence-corrected chi connectivity index (χ4v) is 4.20. The molecule has 2 aliphatic carbocycles. The van der Waals surface area contributed by atoms with Gasteiger partial charge in [0.1, 0.15) is 0 Å². The molecule has 2 bridgehead atoms. The molecule has 0 aromatic heterocycles. The van der Waals surface area contributed by atoms with Crippen molar-refractivity contribution in [2.45, 2.75) is 66.7 Å². The van der Waals surface area contributed by atoms with Crippen molar-refractivity contribution in [3.05, 3.63) is 0 Å². The summed E-state index contributed by atoms with van der Waals surface area (Å²) in [7, 11) is 0. The van der Waals surface area contributed by atoms with E-state index in [4.69, 9.17) is 0 Å². The number of hydrogen-bond donors (Lipinski definition) is 0. The van der Waals surface area contributed by atoms with E-state index in [1.165, 1.54) is 32.1 Å². The van der Waals surface area contributed by atoms with Crippen LogP contribution in [0.3, 0.4) is 0 Å². The summed E-state index contributed by atoms with van der Waals surface area (Å²) in [5, 5.41) is 0. The Hall–Kier alpha value is 0. The van der Waals surface area contributed by atoms with Gasteiger partial charge in [-0.3, -0.25) is 0 Å². The maximum atomic E-state index is 2.54. The molecule has 88 valence electrons. The van der Waals surface area contributed by atoms with Crippen LogP contribution in [0, 0.1) is 28.6 Å². The molecule has 2 saturated carbocycles. The van der Waals surface area contributed by atoms with E-state index in [0.717, 1.165) is 17.8 Å². The summed E-state index contributed by atoms with van der Waals surface area (Å²) in [5.41, 5.74) is 1.09. The van der Waals surface area contributed by atoms with E-state index in [2.05, 4.69) is 34.6 Å². The third kappa shape index (κ3) is 2.10. The van der Waals surface area contributed by atoms with Crippen molar-refractivity contribution in [1.29, 1.82) is 0 Å². The van der Waals surface area contributed by atoms with Gasteiger partial charge in [0.25, 0.3) is 0 Å². The minimum absolute atomic E-state index is 0.491. The van der Waals surface area contributed by atoms with Crippen molar-refractivity contribution < 1.29 is 0 Å². The molecule has 0 heterocycles. The first-order valence-electron chi connectivity index (χ1n) is 6.80. The largest absolute Gasteiger partial charge is 0.0625 e. The molecule has 0 saturated heterocycles.